The SMILES string of the molecule is O=C(O)CC1(NS(=O)(=O)C(F)F)CCCC1. The molecule has 0 saturated heterocycles. The molecule has 2 N–H and O–H groups in total. The predicted molar refractivity (Wildman–Crippen MR) is 51.5 cm³/mol. The number of carboxylic acids is 1. The monoisotopic (exact) mass is 257 g/mol. The van der Waals surface area contributed by atoms with Crippen LogP contribution in [0.5, 0.6) is 0 Å². The Morgan fingerprint density at radius 2 is 1.88 bits per heavy atom. The van der Waals surface area contributed by atoms with Gasteiger partial charge in [0.15, 0.2) is 0 Å². The summed E-state index contributed by atoms with van der Waals surface area (Å²) in [6.45, 7) is 0. The summed E-state index contributed by atoms with van der Waals surface area (Å²) in [5.41, 5.74) is -1.24. The van der Waals surface area contributed by atoms with Crippen molar-refractivity contribution in [3.05, 3.63) is 0 Å². The van der Waals surface area contributed by atoms with E-state index in [-0.39, 0.29) is 12.8 Å². The van der Waals surface area contributed by atoms with Crippen molar-refractivity contribution in [1.82, 2.24) is 4.72 Å². The second-order valence-corrected chi connectivity index (χ2v) is 5.62. The summed E-state index contributed by atoms with van der Waals surface area (Å²) >= 11 is 0. The first kappa shape index (κ1) is 13.3. The van der Waals surface area contributed by atoms with Crippen molar-refractivity contribution in [3.8, 4) is 0 Å². The van der Waals surface area contributed by atoms with Gasteiger partial charge in [-0.2, -0.15) is 8.78 Å². The maximum atomic E-state index is 12.2. The molecule has 0 atom stereocenters. The lowest BCUT2D eigenvalue weighted by atomic mass is 9.95. The number of halogens is 2. The molecule has 94 valence electrons. The van der Waals surface area contributed by atoms with Crippen molar-refractivity contribution < 1.29 is 27.1 Å². The van der Waals surface area contributed by atoms with Crippen LogP contribution in [0.25, 0.3) is 0 Å². The first-order chi connectivity index (χ1) is 7.27. The van der Waals surface area contributed by atoms with Crippen LogP contribution in [-0.2, 0) is 14.8 Å². The maximum absolute atomic E-state index is 12.2. The number of aliphatic carboxylic acids is 1. The van der Waals surface area contributed by atoms with Gasteiger partial charge < -0.3 is 5.11 Å². The third kappa shape index (κ3) is 3.11. The quantitative estimate of drug-likeness (QED) is 0.767. The third-order valence-electron chi connectivity index (χ3n) is 2.64. The van der Waals surface area contributed by atoms with Crippen molar-refractivity contribution in [2.45, 2.75) is 43.4 Å². The molecule has 0 radical (unpaired) electrons. The van der Waals surface area contributed by atoms with Gasteiger partial charge in [-0.25, -0.2) is 13.1 Å². The zero-order valence-electron chi connectivity index (χ0n) is 8.45. The lowest BCUT2D eigenvalue weighted by Crippen LogP contribution is -2.49. The van der Waals surface area contributed by atoms with E-state index in [9.17, 15) is 22.0 Å². The van der Waals surface area contributed by atoms with E-state index in [1.165, 1.54) is 0 Å². The molecule has 0 aromatic heterocycles. The molecule has 1 fully saturated rings. The average molecular weight is 257 g/mol. The molecule has 1 aliphatic carbocycles. The minimum atomic E-state index is -4.73. The van der Waals surface area contributed by atoms with Crippen molar-refractivity contribution in [2.24, 2.45) is 0 Å². The molecular formula is C8H13F2NO4S. The van der Waals surface area contributed by atoms with Crippen LogP contribution in [0, 0.1) is 0 Å². The molecule has 0 aliphatic heterocycles. The number of alkyl halides is 2. The van der Waals surface area contributed by atoms with Gasteiger partial charge >= 0.3 is 11.7 Å². The van der Waals surface area contributed by atoms with Gasteiger partial charge in [-0.3, -0.25) is 4.79 Å². The number of hydrogen-bond acceptors (Lipinski definition) is 3. The predicted octanol–water partition coefficient (Wildman–Crippen LogP) is 0.916. The van der Waals surface area contributed by atoms with E-state index in [2.05, 4.69) is 0 Å². The summed E-state index contributed by atoms with van der Waals surface area (Å²) in [5, 5.41) is 8.65. The minimum Gasteiger partial charge on any atom is -0.481 e. The van der Waals surface area contributed by atoms with Gasteiger partial charge in [0.05, 0.1) is 6.42 Å². The Hall–Kier alpha value is -0.760. The number of nitrogens with one attached hydrogen (secondary N) is 1. The molecule has 0 unspecified atom stereocenters. The topological polar surface area (TPSA) is 83.5 Å². The summed E-state index contributed by atoms with van der Waals surface area (Å²) in [6.07, 6.45) is 1.38. The zero-order chi connectivity index (χ0) is 12.4. The molecular weight excluding hydrogens is 244 g/mol. The Kier molecular flexibility index (Phi) is 3.84. The van der Waals surface area contributed by atoms with Crippen LogP contribution >= 0.6 is 0 Å². The smallest absolute Gasteiger partial charge is 0.350 e. The summed E-state index contributed by atoms with van der Waals surface area (Å²) in [5.74, 6) is -4.72. The molecule has 0 spiro atoms. The number of sulfonamides is 1. The number of carboxylic acid groups (broad SMARTS) is 1. The second kappa shape index (κ2) is 4.62. The fraction of sp³-hybridized carbons (Fsp3) is 0.875. The highest BCUT2D eigenvalue weighted by Crippen LogP contribution is 2.33. The van der Waals surface area contributed by atoms with Gasteiger partial charge in [0.1, 0.15) is 0 Å². The van der Waals surface area contributed by atoms with Crippen molar-refractivity contribution in [1.29, 1.82) is 0 Å². The third-order valence-corrected chi connectivity index (χ3v) is 3.83. The molecule has 8 heteroatoms. The fourth-order valence-corrected chi connectivity index (χ4v) is 2.97. The first-order valence-electron chi connectivity index (χ1n) is 4.80. The van der Waals surface area contributed by atoms with Gasteiger partial charge in [-0.1, -0.05) is 12.8 Å². The Balaban J connectivity index is 2.84. The molecule has 1 rings (SSSR count). The normalized spacial score (nSPS) is 20.2. The molecule has 1 aliphatic rings. The Bertz CT molecular complexity index is 362. The van der Waals surface area contributed by atoms with Gasteiger partial charge in [0.25, 0.3) is 10.0 Å². The lowest BCUT2D eigenvalue weighted by molar-refractivity contribution is -0.138. The van der Waals surface area contributed by atoms with Gasteiger partial charge in [0, 0.05) is 5.54 Å². The zero-order valence-corrected chi connectivity index (χ0v) is 9.27. The van der Waals surface area contributed by atoms with E-state index >= 15 is 0 Å². The van der Waals surface area contributed by atoms with Crippen LogP contribution in [0.15, 0.2) is 0 Å². The van der Waals surface area contributed by atoms with E-state index in [1.807, 2.05) is 4.72 Å². The molecule has 0 amide bonds. The largest absolute Gasteiger partial charge is 0.481 e. The molecule has 1 saturated carbocycles. The second-order valence-electron chi connectivity index (χ2n) is 3.97. The van der Waals surface area contributed by atoms with Crippen LogP contribution in [0.4, 0.5) is 8.78 Å². The van der Waals surface area contributed by atoms with Crippen LogP contribution in [-0.4, -0.2) is 30.8 Å². The highest BCUT2D eigenvalue weighted by Gasteiger charge is 2.41. The Morgan fingerprint density at radius 1 is 1.38 bits per heavy atom. The van der Waals surface area contributed by atoms with Crippen LogP contribution in [0.2, 0.25) is 0 Å². The first-order valence-corrected chi connectivity index (χ1v) is 6.35. The summed E-state index contributed by atoms with van der Waals surface area (Å²) in [6, 6.07) is 0. The highest BCUT2D eigenvalue weighted by molar-refractivity contribution is 7.89. The van der Waals surface area contributed by atoms with E-state index in [1.54, 1.807) is 0 Å². The summed E-state index contributed by atoms with van der Waals surface area (Å²) < 4.78 is 48.2. The Morgan fingerprint density at radius 3 is 2.25 bits per heavy atom. The van der Waals surface area contributed by atoms with Gasteiger partial charge in [-0.05, 0) is 12.8 Å². The minimum absolute atomic E-state index is 0.283. The molecule has 0 bridgehead atoms. The molecule has 16 heavy (non-hydrogen) atoms. The number of rotatable bonds is 5. The molecule has 0 aromatic rings. The number of carbonyl (C=O) groups is 1. The van der Waals surface area contributed by atoms with Gasteiger partial charge in [-0.15, -0.1) is 0 Å². The summed E-state index contributed by atoms with van der Waals surface area (Å²) in [7, 11) is -4.73. The van der Waals surface area contributed by atoms with Gasteiger partial charge in [0.2, 0.25) is 0 Å². The molecule has 5 nitrogen and oxygen atoms in total. The van der Waals surface area contributed by atoms with E-state index < -0.39 is 33.7 Å². The average Bonchev–Trinajstić information content (AvgIpc) is 2.50. The lowest BCUT2D eigenvalue weighted by Gasteiger charge is -2.27. The van der Waals surface area contributed by atoms with E-state index in [0.29, 0.717) is 12.8 Å². The van der Waals surface area contributed by atoms with E-state index in [4.69, 9.17) is 5.11 Å². The number of hydrogen-bond donors (Lipinski definition) is 2. The van der Waals surface area contributed by atoms with E-state index in [0.717, 1.165) is 0 Å². The Labute approximate surface area is 91.9 Å². The standard InChI is InChI=1S/C8H13F2NO4S/c9-7(10)16(14,15)11-8(5-6(12)13)3-1-2-4-8/h7,11H,1-5H2,(H,12,13). The van der Waals surface area contributed by atoms with Crippen LogP contribution in [0.1, 0.15) is 32.1 Å². The highest BCUT2D eigenvalue weighted by atomic mass is 32.2. The van der Waals surface area contributed by atoms with Crippen LogP contribution in [0.3, 0.4) is 0 Å². The molecule has 0 heterocycles. The van der Waals surface area contributed by atoms with Crippen LogP contribution < -0.4 is 4.72 Å². The maximum Gasteiger partial charge on any atom is 0.350 e. The van der Waals surface area contributed by atoms with Crippen molar-refractivity contribution >= 4 is 16.0 Å². The fourth-order valence-electron chi connectivity index (χ4n) is 2.00. The van der Waals surface area contributed by atoms with Crippen molar-refractivity contribution in [2.75, 3.05) is 0 Å². The summed E-state index contributed by atoms with van der Waals surface area (Å²) in [4.78, 5) is 10.6. The molecule has 0 aromatic carbocycles. The van der Waals surface area contributed by atoms with Crippen molar-refractivity contribution in [3.63, 3.8) is 0 Å².